The number of carbonyl (C=O) groups is 5. The van der Waals surface area contributed by atoms with E-state index in [4.69, 9.17) is 0 Å². The highest BCUT2D eigenvalue weighted by atomic mass is 32.1. The first kappa shape index (κ1) is 44.7. The van der Waals surface area contributed by atoms with E-state index in [0.29, 0.717) is 30.6 Å². The molecule has 2 heterocycles. The number of β-amino-alcohol motifs (C(OH)–C–C–N with tert-alkyl or cyclic N) is 1. The van der Waals surface area contributed by atoms with E-state index in [9.17, 15) is 29.1 Å². The van der Waals surface area contributed by atoms with Gasteiger partial charge in [0.1, 0.15) is 12.1 Å². The fraction of sp³-hybridized carbons (Fsp3) is 0.422. The molecule has 1 saturated heterocycles. The molecule has 0 bridgehead atoms. The van der Waals surface area contributed by atoms with Gasteiger partial charge in [-0.25, -0.2) is 10.4 Å². The second kappa shape index (κ2) is 20.5. The first-order valence-corrected chi connectivity index (χ1v) is 21.1. The summed E-state index contributed by atoms with van der Waals surface area (Å²) in [6.07, 6.45) is 1.35. The van der Waals surface area contributed by atoms with Gasteiger partial charge in [-0.3, -0.25) is 29.4 Å². The molecule has 1 aliphatic rings. The van der Waals surface area contributed by atoms with E-state index in [0.717, 1.165) is 39.2 Å². The number of aryl methyl sites for hydroxylation is 1. The molecule has 1 aliphatic heterocycles. The van der Waals surface area contributed by atoms with Crippen molar-refractivity contribution in [2.45, 2.75) is 104 Å². The van der Waals surface area contributed by atoms with Gasteiger partial charge in [0.25, 0.3) is 5.91 Å². The van der Waals surface area contributed by atoms with Crippen molar-refractivity contribution in [1.82, 2.24) is 31.4 Å². The Balaban J connectivity index is 1.07. The van der Waals surface area contributed by atoms with E-state index in [1.807, 2.05) is 108 Å². The summed E-state index contributed by atoms with van der Waals surface area (Å²) in [7, 11) is 0. The molecule has 14 heteroatoms. The number of amides is 5. The Kier molecular flexibility index (Phi) is 15.5. The van der Waals surface area contributed by atoms with Crippen molar-refractivity contribution in [3.05, 3.63) is 95.1 Å². The first-order chi connectivity index (χ1) is 28.1. The lowest BCUT2D eigenvalue weighted by molar-refractivity contribution is -0.144. The maximum absolute atomic E-state index is 14.0. The van der Waals surface area contributed by atoms with Crippen LogP contribution in [0.2, 0.25) is 0 Å². The lowest BCUT2D eigenvalue weighted by atomic mass is 9.85. The molecule has 1 aromatic heterocycles. The zero-order valence-electron chi connectivity index (χ0n) is 34.8. The zero-order chi connectivity index (χ0) is 42.7. The molecular weight excluding hydrogens is 767 g/mol. The van der Waals surface area contributed by atoms with E-state index in [1.54, 1.807) is 23.5 Å². The quantitative estimate of drug-likeness (QED) is 0.0530. The van der Waals surface area contributed by atoms with E-state index < -0.39 is 29.5 Å². The average molecular weight is 824 g/mol. The van der Waals surface area contributed by atoms with Crippen LogP contribution in [0.1, 0.15) is 101 Å². The van der Waals surface area contributed by atoms with Crippen LogP contribution >= 0.6 is 11.3 Å². The third kappa shape index (κ3) is 12.3. The number of thiazole rings is 1. The summed E-state index contributed by atoms with van der Waals surface area (Å²) >= 11 is 1.57. The fourth-order valence-corrected chi connectivity index (χ4v) is 7.75. The summed E-state index contributed by atoms with van der Waals surface area (Å²) in [4.78, 5) is 72.6. The second-order valence-corrected chi connectivity index (χ2v) is 17.0. The molecule has 0 aliphatic carbocycles. The van der Waals surface area contributed by atoms with Crippen molar-refractivity contribution in [3.63, 3.8) is 0 Å². The summed E-state index contributed by atoms with van der Waals surface area (Å²) in [6, 6.07) is 20.4. The number of unbranched alkanes of at least 4 members (excludes halogenated alkanes) is 1. The number of hydrazine groups is 1. The number of anilines is 1. The van der Waals surface area contributed by atoms with Crippen LogP contribution in [-0.4, -0.2) is 75.8 Å². The first-order valence-electron chi connectivity index (χ1n) is 20.3. The molecule has 0 unspecified atom stereocenters. The van der Waals surface area contributed by atoms with Gasteiger partial charge in [-0.2, -0.15) is 0 Å². The topological polar surface area (TPSA) is 182 Å². The molecule has 13 nitrogen and oxygen atoms in total. The number of rotatable bonds is 17. The van der Waals surface area contributed by atoms with E-state index in [-0.39, 0.29) is 55.5 Å². The van der Waals surface area contributed by atoms with Gasteiger partial charge in [0.15, 0.2) is 0 Å². The summed E-state index contributed by atoms with van der Waals surface area (Å²) in [5, 5.41) is 19.4. The molecule has 59 heavy (non-hydrogen) atoms. The Morgan fingerprint density at radius 1 is 0.864 bits per heavy atom. The Hall–Kier alpha value is -5.44. The van der Waals surface area contributed by atoms with Gasteiger partial charge in [0, 0.05) is 43.6 Å². The van der Waals surface area contributed by atoms with Crippen molar-refractivity contribution >= 4 is 46.6 Å². The van der Waals surface area contributed by atoms with Crippen LogP contribution in [0, 0.1) is 12.3 Å². The normalized spacial score (nSPS) is 16.2. The van der Waals surface area contributed by atoms with Crippen molar-refractivity contribution in [3.8, 4) is 21.6 Å². The molecule has 5 rings (SSSR count). The Labute approximate surface area is 350 Å². The van der Waals surface area contributed by atoms with Gasteiger partial charge in [0.05, 0.1) is 28.2 Å². The number of nitrogens with zero attached hydrogens (tertiary/aromatic N) is 2. The Morgan fingerprint density at radius 2 is 1.47 bits per heavy atom. The molecule has 4 aromatic rings. The minimum absolute atomic E-state index is 0.0149. The number of aromatic nitrogens is 1. The number of carbonyl (C=O) groups excluding carboxylic acids is 5. The van der Waals surface area contributed by atoms with Crippen molar-refractivity contribution in [2.24, 2.45) is 5.41 Å². The third-order valence-electron chi connectivity index (χ3n) is 10.3. The predicted octanol–water partition coefficient (Wildman–Crippen LogP) is 6.30. The fourth-order valence-electron chi connectivity index (χ4n) is 6.94. The van der Waals surface area contributed by atoms with Crippen LogP contribution in [-0.2, 0) is 19.2 Å². The highest BCUT2D eigenvalue weighted by Gasteiger charge is 2.44. The van der Waals surface area contributed by atoms with Crippen LogP contribution in [0.3, 0.4) is 0 Å². The molecule has 3 aromatic carbocycles. The number of benzene rings is 3. The van der Waals surface area contributed by atoms with Crippen LogP contribution in [0.4, 0.5) is 5.69 Å². The van der Waals surface area contributed by atoms with Crippen LogP contribution in [0.25, 0.3) is 21.6 Å². The standard InChI is InChI=1S/C45H57N7O6S/c1-7-24-47-51-42(56)34-18-14-31(15-19-34)32-20-22-35(23-21-32)49-38(54)10-8-9-11-39(55)50-41(45(4,5)6)44(58)52-26-36(53)25-37(52)43(57)48-28(2)30-12-16-33(17-13-30)40-29(3)46-27-59-40/h12-23,27-28,36-37,41,47,53H,7-11,24-26H2,1-6H3,(H,48,57)(H,49,54)(H,50,55)(H,51,56)/t28-,36+,37-,41+/m0/s1. The van der Waals surface area contributed by atoms with Crippen molar-refractivity contribution in [2.75, 3.05) is 18.4 Å². The maximum Gasteiger partial charge on any atom is 0.265 e. The van der Waals surface area contributed by atoms with Gasteiger partial charge in [-0.05, 0) is 85.0 Å². The van der Waals surface area contributed by atoms with Crippen LogP contribution in [0.5, 0.6) is 0 Å². The third-order valence-corrected chi connectivity index (χ3v) is 11.3. The molecule has 0 spiro atoms. The minimum atomic E-state index is -0.938. The highest BCUT2D eigenvalue weighted by Crippen LogP contribution is 2.30. The molecule has 6 N–H and O–H groups in total. The summed E-state index contributed by atoms with van der Waals surface area (Å²) in [6.45, 7) is 12.1. The van der Waals surface area contributed by atoms with Gasteiger partial charge in [0.2, 0.25) is 23.6 Å². The van der Waals surface area contributed by atoms with Crippen LogP contribution in [0.15, 0.2) is 78.3 Å². The smallest absolute Gasteiger partial charge is 0.265 e. The van der Waals surface area contributed by atoms with Crippen LogP contribution < -0.4 is 26.8 Å². The maximum atomic E-state index is 14.0. The zero-order valence-corrected chi connectivity index (χ0v) is 35.6. The molecule has 5 amide bonds. The van der Waals surface area contributed by atoms with Gasteiger partial charge >= 0.3 is 0 Å². The SMILES string of the molecule is CCCNNC(=O)c1ccc(-c2ccc(NC(=O)CCCCC(=O)N[C@H](C(=O)N3C[C@H](O)C[C@H]3C(=O)N[C@@H](C)c3ccc(-c4scnc4C)cc3)C(C)(C)C)cc2)cc1. The lowest BCUT2D eigenvalue weighted by Gasteiger charge is -2.35. The molecular formula is C45H57N7O6S. The Morgan fingerprint density at radius 3 is 2.07 bits per heavy atom. The molecule has 4 atom stereocenters. The number of hydrogen-bond acceptors (Lipinski definition) is 9. The number of aliphatic hydroxyl groups is 1. The van der Waals surface area contributed by atoms with Gasteiger partial charge in [-0.15, -0.1) is 11.3 Å². The Bertz CT molecular complexity index is 2060. The average Bonchev–Trinajstić information content (AvgIpc) is 3.83. The molecule has 0 radical (unpaired) electrons. The second-order valence-electron chi connectivity index (χ2n) is 16.2. The molecule has 0 saturated carbocycles. The number of hydrogen-bond donors (Lipinski definition) is 6. The van der Waals surface area contributed by atoms with E-state index in [1.165, 1.54) is 4.90 Å². The van der Waals surface area contributed by atoms with Gasteiger partial charge in [-0.1, -0.05) is 76.2 Å². The van der Waals surface area contributed by atoms with E-state index in [2.05, 4.69) is 31.8 Å². The number of aliphatic hydroxyl groups excluding tert-OH is 1. The predicted molar refractivity (Wildman–Crippen MR) is 231 cm³/mol. The number of likely N-dealkylation sites (tertiary alicyclic amines) is 1. The minimum Gasteiger partial charge on any atom is -0.391 e. The monoisotopic (exact) mass is 823 g/mol. The van der Waals surface area contributed by atoms with Gasteiger partial charge < -0.3 is 26.0 Å². The highest BCUT2D eigenvalue weighted by molar-refractivity contribution is 7.13. The summed E-state index contributed by atoms with van der Waals surface area (Å²) in [5.74, 6) is -1.50. The summed E-state index contributed by atoms with van der Waals surface area (Å²) in [5.41, 5.74) is 12.6. The van der Waals surface area contributed by atoms with Crippen molar-refractivity contribution < 1.29 is 29.1 Å². The van der Waals surface area contributed by atoms with Crippen molar-refractivity contribution in [1.29, 1.82) is 0 Å². The summed E-state index contributed by atoms with van der Waals surface area (Å²) < 4.78 is 0. The molecule has 314 valence electrons. The largest absolute Gasteiger partial charge is 0.391 e. The molecule has 1 fully saturated rings. The van der Waals surface area contributed by atoms with E-state index >= 15 is 0 Å². The number of nitrogens with one attached hydrogen (secondary N) is 5. The lowest BCUT2D eigenvalue weighted by Crippen LogP contribution is -2.57.